The standard InChI is InChI=1S/C17H20N2S2/c1-3-12-9-10-16(20-12)14(18-4-2)11-17-19-13-7-5-6-8-15(13)21-17/h5-10,14,18H,3-4,11H2,1-2H3. The molecule has 110 valence electrons. The quantitative estimate of drug-likeness (QED) is 0.705. The van der Waals surface area contributed by atoms with Crippen LogP contribution in [-0.4, -0.2) is 11.5 Å². The predicted octanol–water partition coefficient (Wildman–Crippen LogP) is 4.81. The first kappa shape index (κ1) is 14.7. The van der Waals surface area contributed by atoms with Gasteiger partial charge in [0.1, 0.15) is 0 Å². The van der Waals surface area contributed by atoms with Crippen LogP contribution in [0.2, 0.25) is 0 Å². The molecule has 0 radical (unpaired) electrons. The third kappa shape index (κ3) is 3.34. The summed E-state index contributed by atoms with van der Waals surface area (Å²) < 4.78 is 1.28. The molecule has 0 saturated heterocycles. The summed E-state index contributed by atoms with van der Waals surface area (Å²) in [5, 5.41) is 4.82. The van der Waals surface area contributed by atoms with Crippen molar-refractivity contribution in [2.45, 2.75) is 32.7 Å². The van der Waals surface area contributed by atoms with E-state index in [0.29, 0.717) is 6.04 Å². The average molecular weight is 316 g/mol. The van der Waals surface area contributed by atoms with E-state index >= 15 is 0 Å². The maximum atomic E-state index is 4.77. The Hall–Kier alpha value is -1.23. The highest BCUT2D eigenvalue weighted by molar-refractivity contribution is 7.18. The van der Waals surface area contributed by atoms with E-state index in [1.807, 2.05) is 22.7 Å². The van der Waals surface area contributed by atoms with Crippen molar-refractivity contribution in [3.63, 3.8) is 0 Å². The first-order valence-corrected chi connectivity index (χ1v) is 9.10. The molecule has 0 aliphatic rings. The van der Waals surface area contributed by atoms with Crippen molar-refractivity contribution in [2.24, 2.45) is 0 Å². The van der Waals surface area contributed by atoms with Gasteiger partial charge < -0.3 is 5.32 Å². The van der Waals surface area contributed by atoms with Gasteiger partial charge in [0.2, 0.25) is 0 Å². The Morgan fingerprint density at radius 1 is 1.10 bits per heavy atom. The molecule has 3 aromatic rings. The molecule has 0 spiro atoms. The van der Waals surface area contributed by atoms with Gasteiger partial charge in [-0.15, -0.1) is 22.7 Å². The van der Waals surface area contributed by atoms with Crippen LogP contribution in [0.25, 0.3) is 10.2 Å². The number of thiazole rings is 1. The van der Waals surface area contributed by atoms with Crippen molar-refractivity contribution >= 4 is 32.9 Å². The molecule has 1 N–H and O–H groups in total. The Labute approximate surface area is 133 Å². The molecule has 0 bridgehead atoms. The highest BCUT2D eigenvalue weighted by Crippen LogP contribution is 2.29. The molecule has 0 fully saturated rings. The molecule has 0 aliphatic carbocycles. The van der Waals surface area contributed by atoms with Crippen LogP contribution in [0.5, 0.6) is 0 Å². The van der Waals surface area contributed by atoms with Gasteiger partial charge in [-0.2, -0.15) is 0 Å². The number of nitrogens with one attached hydrogen (secondary N) is 1. The maximum absolute atomic E-state index is 4.77. The maximum Gasteiger partial charge on any atom is 0.0957 e. The second-order valence-corrected chi connectivity index (χ2v) is 7.36. The number of thiophene rings is 1. The van der Waals surface area contributed by atoms with Crippen LogP contribution in [0.1, 0.15) is 34.7 Å². The Morgan fingerprint density at radius 3 is 2.67 bits per heavy atom. The summed E-state index contributed by atoms with van der Waals surface area (Å²) in [6.45, 7) is 5.36. The first-order chi connectivity index (χ1) is 10.3. The Kier molecular flexibility index (Phi) is 4.68. The minimum atomic E-state index is 0.376. The van der Waals surface area contributed by atoms with Crippen molar-refractivity contribution in [2.75, 3.05) is 6.54 Å². The van der Waals surface area contributed by atoms with Gasteiger partial charge in [0, 0.05) is 22.2 Å². The summed E-state index contributed by atoms with van der Waals surface area (Å²) in [6, 6.07) is 13.3. The fraction of sp³-hybridized carbons (Fsp3) is 0.353. The molecule has 1 aromatic carbocycles. The SMILES string of the molecule is CCNC(Cc1nc2ccccc2s1)c1ccc(CC)s1. The lowest BCUT2D eigenvalue weighted by Gasteiger charge is -2.14. The number of nitrogens with zero attached hydrogens (tertiary/aromatic N) is 1. The molecule has 0 aliphatic heterocycles. The van der Waals surface area contributed by atoms with E-state index < -0.39 is 0 Å². The van der Waals surface area contributed by atoms with E-state index in [4.69, 9.17) is 4.98 Å². The number of rotatable bonds is 6. The Morgan fingerprint density at radius 2 is 1.95 bits per heavy atom. The number of hydrogen-bond acceptors (Lipinski definition) is 4. The number of aryl methyl sites for hydroxylation is 1. The van der Waals surface area contributed by atoms with Crippen LogP contribution in [0.4, 0.5) is 0 Å². The van der Waals surface area contributed by atoms with Gasteiger partial charge >= 0.3 is 0 Å². The third-order valence-electron chi connectivity index (χ3n) is 3.54. The average Bonchev–Trinajstić information content (AvgIpc) is 3.12. The van der Waals surface area contributed by atoms with E-state index in [-0.39, 0.29) is 0 Å². The highest BCUT2D eigenvalue weighted by Gasteiger charge is 2.16. The second kappa shape index (κ2) is 6.69. The summed E-state index contributed by atoms with van der Waals surface area (Å²) in [6.07, 6.45) is 2.08. The van der Waals surface area contributed by atoms with Crippen molar-refractivity contribution in [1.82, 2.24) is 10.3 Å². The number of benzene rings is 1. The number of para-hydroxylation sites is 1. The van der Waals surface area contributed by atoms with Crippen LogP contribution in [0.3, 0.4) is 0 Å². The lowest BCUT2D eigenvalue weighted by molar-refractivity contribution is 0.557. The number of fused-ring (bicyclic) bond motifs is 1. The van der Waals surface area contributed by atoms with Crippen molar-refractivity contribution < 1.29 is 0 Å². The number of likely N-dealkylation sites (N-methyl/N-ethyl adjacent to an activating group) is 1. The first-order valence-electron chi connectivity index (χ1n) is 7.46. The minimum Gasteiger partial charge on any atom is -0.309 e. The number of hydrogen-bond donors (Lipinski definition) is 1. The van der Waals surface area contributed by atoms with Gasteiger partial charge in [-0.05, 0) is 37.2 Å². The minimum absolute atomic E-state index is 0.376. The van der Waals surface area contributed by atoms with Crippen molar-refractivity contribution in [1.29, 1.82) is 0 Å². The van der Waals surface area contributed by atoms with E-state index in [1.165, 1.54) is 19.5 Å². The second-order valence-electron chi connectivity index (χ2n) is 5.05. The molecule has 3 rings (SSSR count). The zero-order valence-electron chi connectivity index (χ0n) is 12.4. The summed E-state index contributed by atoms with van der Waals surface area (Å²) >= 11 is 3.73. The topological polar surface area (TPSA) is 24.9 Å². The molecule has 0 saturated carbocycles. The molecule has 1 atom stereocenters. The monoisotopic (exact) mass is 316 g/mol. The van der Waals surface area contributed by atoms with Crippen LogP contribution >= 0.6 is 22.7 Å². The van der Waals surface area contributed by atoms with Crippen LogP contribution < -0.4 is 5.32 Å². The molecule has 21 heavy (non-hydrogen) atoms. The third-order valence-corrected chi connectivity index (χ3v) is 5.94. The summed E-state index contributed by atoms with van der Waals surface area (Å²) in [7, 11) is 0. The molecule has 2 heterocycles. The van der Waals surface area contributed by atoms with E-state index in [9.17, 15) is 0 Å². The van der Waals surface area contributed by atoms with Crippen molar-refractivity contribution in [3.05, 3.63) is 51.2 Å². The molecular formula is C17H20N2S2. The Balaban J connectivity index is 1.83. The molecule has 0 amide bonds. The summed E-state index contributed by atoms with van der Waals surface area (Å²) in [5.74, 6) is 0. The van der Waals surface area contributed by atoms with Crippen LogP contribution in [0, 0.1) is 0 Å². The number of aromatic nitrogens is 1. The largest absolute Gasteiger partial charge is 0.309 e. The molecule has 1 unspecified atom stereocenters. The summed E-state index contributed by atoms with van der Waals surface area (Å²) in [5.41, 5.74) is 1.12. The molecule has 4 heteroatoms. The molecular weight excluding hydrogens is 296 g/mol. The fourth-order valence-electron chi connectivity index (χ4n) is 2.47. The Bertz CT molecular complexity index is 681. The van der Waals surface area contributed by atoms with Gasteiger partial charge in [-0.3, -0.25) is 0 Å². The fourth-order valence-corrected chi connectivity index (χ4v) is 4.51. The lowest BCUT2D eigenvalue weighted by Crippen LogP contribution is -2.21. The highest BCUT2D eigenvalue weighted by atomic mass is 32.1. The normalized spacial score (nSPS) is 12.9. The zero-order chi connectivity index (χ0) is 14.7. The van der Waals surface area contributed by atoms with Gasteiger partial charge in [0.25, 0.3) is 0 Å². The van der Waals surface area contributed by atoms with Crippen LogP contribution in [-0.2, 0) is 12.8 Å². The van der Waals surface area contributed by atoms with Crippen LogP contribution in [0.15, 0.2) is 36.4 Å². The van der Waals surface area contributed by atoms with Crippen molar-refractivity contribution in [3.8, 4) is 0 Å². The van der Waals surface area contributed by atoms with E-state index in [2.05, 4.69) is 55.6 Å². The smallest absolute Gasteiger partial charge is 0.0957 e. The van der Waals surface area contributed by atoms with Gasteiger partial charge in [-0.1, -0.05) is 26.0 Å². The van der Waals surface area contributed by atoms with E-state index in [0.717, 1.165) is 24.9 Å². The lowest BCUT2D eigenvalue weighted by atomic mass is 10.1. The predicted molar refractivity (Wildman–Crippen MR) is 93.4 cm³/mol. The molecule has 2 aromatic heterocycles. The van der Waals surface area contributed by atoms with E-state index in [1.54, 1.807) is 0 Å². The van der Waals surface area contributed by atoms with Gasteiger partial charge in [0.05, 0.1) is 15.2 Å². The zero-order valence-corrected chi connectivity index (χ0v) is 14.1. The summed E-state index contributed by atoms with van der Waals surface area (Å²) in [4.78, 5) is 7.65. The van der Waals surface area contributed by atoms with Gasteiger partial charge in [0.15, 0.2) is 0 Å². The molecule has 2 nitrogen and oxygen atoms in total. The van der Waals surface area contributed by atoms with Gasteiger partial charge in [-0.25, -0.2) is 4.98 Å².